The van der Waals surface area contributed by atoms with Gasteiger partial charge in [-0.3, -0.25) is 4.79 Å². The van der Waals surface area contributed by atoms with Gasteiger partial charge >= 0.3 is 5.97 Å². The summed E-state index contributed by atoms with van der Waals surface area (Å²) in [5, 5.41) is 5.26. The molecule has 0 saturated heterocycles. The van der Waals surface area contributed by atoms with E-state index < -0.39 is 5.97 Å². The quantitative estimate of drug-likeness (QED) is 0.292. The minimum atomic E-state index is -0.607. The lowest BCUT2D eigenvalue weighted by Gasteiger charge is -2.11. The van der Waals surface area contributed by atoms with E-state index in [1.807, 2.05) is 37.3 Å². The van der Waals surface area contributed by atoms with Gasteiger partial charge in [0, 0.05) is 11.9 Å². The molecule has 0 atom stereocenters. The molecule has 0 N–H and O–H groups in total. The predicted octanol–water partition coefficient (Wildman–Crippen LogP) is 4.99. The Morgan fingerprint density at radius 2 is 1.53 bits per heavy atom. The van der Waals surface area contributed by atoms with Crippen LogP contribution in [0.4, 0.5) is 0 Å². The molecule has 0 fully saturated rings. The van der Waals surface area contributed by atoms with Crippen molar-refractivity contribution in [2.24, 2.45) is 0 Å². The zero-order chi connectivity index (χ0) is 22.3. The van der Waals surface area contributed by atoms with E-state index in [1.54, 1.807) is 48.5 Å². The predicted molar refractivity (Wildman–Crippen MR) is 123 cm³/mol. The van der Waals surface area contributed by atoms with E-state index in [-0.39, 0.29) is 11.3 Å². The van der Waals surface area contributed by atoms with Crippen LogP contribution < -0.4 is 15.0 Å². The van der Waals surface area contributed by atoms with E-state index >= 15 is 0 Å². The second kappa shape index (κ2) is 9.92. The molecule has 0 radical (unpaired) electrons. The molecule has 4 aromatic rings. The smallest absolute Gasteiger partial charge is 0.364 e. The minimum Gasteiger partial charge on any atom is -0.489 e. The van der Waals surface area contributed by atoms with Crippen molar-refractivity contribution >= 4 is 16.7 Å². The number of ether oxygens (including phenoxy) is 2. The van der Waals surface area contributed by atoms with Crippen molar-refractivity contribution in [2.45, 2.75) is 32.9 Å². The molecule has 0 amide bonds. The molecule has 4 rings (SSSR count). The molecule has 0 aliphatic heterocycles. The Balaban J connectivity index is 1.52. The molecule has 0 aliphatic rings. The highest BCUT2D eigenvalue weighted by Gasteiger charge is 2.18. The molecule has 6 nitrogen and oxygen atoms in total. The first-order valence-electron chi connectivity index (χ1n) is 10.6. The second-order valence-electron chi connectivity index (χ2n) is 7.41. The van der Waals surface area contributed by atoms with Gasteiger partial charge in [-0.1, -0.05) is 61.9 Å². The molecule has 0 unspecified atom stereocenters. The molecular weight excluding hydrogens is 404 g/mol. The van der Waals surface area contributed by atoms with Crippen LogP contribution in [-0.4, -0.2) is 15.7 Å². The van der Waals surface area contributed by atoms with Gasteiger partial charge in [0.25, 0.3) is 5.56 Å². The van der Waals surface area contributed by atoms with Gasteiger partial charge in [-0.05, 0) is 42.3 Å². The molecule has 1 aromatic heterocycles. The number of hydrogen-bond donors (Lipinski definition) is 0. The Morgan fingerprint density at radius 3 is 2.25 bits per heavy atom. The van der Waals surface area contributed by atoms with Crippen LogP contribution in [0.15, 0.2) is 83.7 Å². The monoisotopic (exact) mass is 428 g/mol. The minimum absolute atomic E-state index is 0.126. The molecule has 0 spiro atoms. The van der Waals surface area contributed by atoms with E-state index in [0.717, 1.165) is 18.4 Å². The maximum absolute atomic E-state index is 12.9. The molecule has 162 valence electrons. The molecular formula is C26H24N2O4. The standard InChI is InChI=1S/C26H24N2O4/c1-2-3-17-28-25(29)23-12-8-7-11-22(23)24(27-28)26(30)32-21-15-13-20(14-16-21)31-18-19-9-5-4-6-10-19/h4-16H,2-3,17-18H2,1H3. The van der Waals surface area contributed by atoms with E-state index in [1.165, 1.54) is 4.68 Å². The summed E-state index contributed by atoms with van der Waals surface area (Å²) in [5.74, 6) is 0.439. The third-order valence-corrected chi connectivity index (χ3v) is 5.07. The van der Waals surface area contributed by atoms with Crippen molar-refractivity contribution in [1.29, 1.82) is 0 Å². The second-order valence-corrected chi connectivity index (χ2v) is 7.41. The van der Waals surface area contributed by atoms with Gasteiger partial charge in [0.15, 0.2) is 5.69 Å². The lowest BCUT2D eigenvalue weighted by Crippen LogP contribution is -2.27. The third kappa shape index (κ3) is 4.86. The van der Waals surface area contributed by atoms with E-state index in [0.29, 0.717) is 35.4 Å². The van der Waals surface area contributed by atoms with E-state index in [9.17, 15) is 9.59 Å². The van der Waals surface area contributed by atoms with Gasteiger partial charge in [0.1, 0.15) is 18.1 Å². The summed E-state index contributed by atoms with van der Waals surface area (Å²) in [6.07, 6.45) is 1.71. The van der Waals surface area contributed by atoms with Crippen molar-refractivity contribution in [2.75, 3.05) is 0 Å². The normalized spacial score (nSPS) is 10.8. The Bertz CT molecular complexity index is 1260. The van der Waals surface area contributed by atoms with Crippen LogP contribution in [0.2, 0.25) is 0 Å². The van der Waals surface area contributed by atoms with Crippen molar-refractivity contribution in [1.82, 2.24) is 9.78 Å². The van der Waals surface area contributed by atoms with Crippen molar-refractivity contribution < 1.29 is 14.3 Å². The van der Waals surface area contributed by atoms with Gasteiger partial charge in [0.05, 0.1) is 5.39 Å². The molecule has 1 heterocycles. The molecule has 6 heteroatoms. The first-order chi connectivity index (χ1) is 15.7. The maximum Gasteiger partial charge on any atom is 0.364 e. The van der Waals surface area contributed by atoms with Gasteiger partial charge < -0.3 is 9.47 Å². The molecule has 0 bridgehead atoms. The van der Waals surface area contributed by atoms with E-state index in [2.05, 4.69) is 5.10 Å². The van der Waals surface area contributed by atoms with Gasteiger partial charge in [-0.25, -0.2) is 9.48 Å². The van der Waals surface area contributed by atoms with Crippen LogP contribution >= 0.6 is 0 Å². The summed E-state index contributed by atoms with van der Waals surface area (Å²) in [5.41, 5.74) is 0.991. The van der Waals surface area contributed by atoms with Crippen LogP contribution in [-0.2, 0) is 13.2 Å². The van der Waals surface area contributed by atoms with Gasteiger partial charge in [-0.15, -0.1) is 0 Å². The fourth-order valence-corrected chi connectivity index (χ4v) is 3.35. The number of unbranched alkanes of at least 4 members (excludes halogenated alkanes) is 1. The Hall–Kier alpha value is -3.93. The van der Waals surface area contributed by atoms with Gasteiger partial charge in [-0.2, -0.15) is 5.10 Å². The van der Waals surface area contributed by atoms with Crippen LogP contribution in [0, 0.1) is 0 Å². The van der Waals surface area contributed by atoms with Crippen LogP contribution in [0.3, 0.4) is 0 Å². The lowest BCUT2D eigenvalue weighted by atomic mass is 10.1. The number of carbonyl (C=O) groups is 1. The number of esters is 1. The largest absolute Gasteiger partial charge is 0.489 e. The zero-order valence-corrected chi connectivity index (χ0v) is 17.9. The number of fused-ring (bicyclic) bond motifs is 1. The number of nitrogens with zero attached hydrogens (tertiary/aromatic N) is 2. The fourth-order valence-electron chi connectivity index (χ4n) is 3.35. The Morgan fingerprint density at radius 1 is 0.875 bits per heavy atom. The van der Waals surface area contributed by atoms with Crippen molar-refractivity contribution in [3.05, 3.63) is 100 Å². The average molecular weight is 428 g/mol. The summed E-state index contributed by atoms with van der Waals surface area (Å²) in [6, 6.07) is 23.7. The highest BCUT2D eigenvalue weighted by Crippen LogP contribution is 2.21. The van der Waals surface area contributed by atoms with E-state index in [4.69, 9.17) is 9.47 Å². The number of hydrogen-bond acceptors (Lipinski definition) is 5. The molecule has 3 aromatic carbocycles. The highest BCUT2D eigenvalue weighted by molar-refractivity contribution is 6.02. The van der Waals surface area contributed by atoms with Crippen LogP contribution in [0.5, 0.6) is 11.5 Å². The molecule has 0 saturated carbocycles. The van der Waals surface area contributed by atoms with Crippen molar-refractivity contribution in [3.8, 4) is 11.5 Å². The summed E-state index contributed by atoms with van der Waals surface area (Å²) in [4.78, 5) is 25.6. The first kappa shape index (κ1) is 21.3. The number of benzene rings is 3. The third-order valence-electron chi connectivity index (χ3n) is 5.07. The molecule has 0 aliphatic carbocycles. The van der Waals surface area contributed by atoms with Crippen LogP contribution in [0.25, 0.3) is 10.8 Å². The summed E-state index contributed by atoms with van der Waals surface area (Å²) >= 11 is 0. The summed E-state index contributed by atoms with van der Waals surface area (Å²) in [7, 11) is 0. The first-order valence-corrected chi connectivity index (χ1v) is 10.6. The van der Waals surface area contributed by atoms with Crippen molar-refractivity contribution in [3.63, 3.8) is 0 Å². The zero-order valence-electron chi connectivity index (χ0n) is 17.9. The number of aromatic nitrogens is 2. The highest BCUT2D eigenvalue weighted by atomic mass is 16.5. The lowest BCUT2D eigenvalue weighted by molar-refractivity contribution is 0.0728. The van der Waals surface area contributed by atoms with Crippen LogP contribution in [0.1, 0.15) is 35.8 Å². The number of carbonyl (C=O) groups excluding carboxylic acids is 1. The topological polar surface area (TPSA) is 70.4 Å². The Labute approximate surface area is 186 Å². The summed E-state index contributed by atoms with van der Waals surface area (Å²) < 4.78 is 12.7. The molecule has 32 heavy (non-hydrogen) atoms. The number of rotatable bonds is 8. The Kier molecular flexibility index (Phi) is 6.60. The maximum atomic E-state index is 12.9. The van der Waals surface area contributed by atoms with Gasteiger partial charge in [0.2, 0.25) is 0 Å². The number of aryl methyl sites for hydroxylation is 1. The fraction of sp³-hybridized carbons (Fsp3) is 0.192. The SMILES string of the molecule is CCCCn1nc(C(=O)Oc2ccc(OCc3ccccc3)cc2)c2ccccc2c1=O. The summed E-state index contributed by atoms with van der Waals surface area (Å²) in [6.45, 7) is 2.94. The average Bonchev–Trinajstić information content (AvgIpc) is 2.84.